The van der Waals surface area contributed by atoms with E-state index in [4.69, 9.17) is 10.7 Å². The number of aromatic nitrogens is 1. The van der Waals surface area contributed by atoms with Crippen molar-refractivity contribution in [3.8, 4) is 0 Å². The minimum atomic E-state index is 0.182. The van der Waals surface area contributed by atoms with E-state index in [1.165, 1.54) is 54.4 Å². The van der Waals surface area contributed by atoms with Gasteiger partial charge in [-0.1, -0.05) is 44.9 Å². The van der Waals surface area contributed by atoms with Crippen LogP contribution in [0.5, 0.6) is 0 Å². The smallest absolute Gasteiger partial charge is 0.186 e. The monoisotopic (exact) mass is 307 g/mol. The van der Waals surface area contributed by atoms with Gasteiger partial charge in [-0.2, -0.15) is 0 Å². The minimum Gasteiger partial charge on any atom is -0.345 e. The number of rotatable bonds is 2. The van der Waals surface area contributed by atoms with E-state index in [-0.39, 0.29) is 6.04 Å². The van der Waals surface area contributed by atoms with Gasteiger partial charge in [0.2, 0.25) is 0 Å². The van der Waals surface area contributed by atoms with E-state index in [2.05, 4.69) is 25.7 Å². The number of anilines is 1. The summed E-state index contributed by atoms with van der Waals surface area (Å²) in [7, 11) is 0. The van der Waals surface area contributed by atoms with Gasteiger partial charge in [-0.3, -0.25) is 0 Å². The van der Waals surface area contributed by atoms with Crippen LogP contribution < -0.4 is 10.6 Å². The number of hydrogen-bond acceptors (Lipinski definition) is 4. The summed E-state index contributed by atoms with van der Waals surface area (Å²) < 4.78 is 0. The van der Waals surface area contributed by atoms with Gasteiger partial charge in [-0.25, -0.2) is 4.98 Å². The molecule has 0 saturated carbocycles. The van der Waals surface area contributed by atoms with Gasteiger partial charge in [-0.05, 0) is 37.5 Å². The molecule has 2 unspecified atom stereocenters. The van der Waals surface area contributed by atoms with Crippen LogP contribution in [0.25, 0.3) is 0 Å². The standard InChI is InChI=1S/C17H29N3S/c1-4-12-8-6-5-7-9-20(12)16-19-14-11-17(2,3)10-13(18)15(14)21-16/h12-13H,4-11,18H2,1-3H3. The lowest BCUT2D eigenvalue weighted by molar-refractivity contribution is 0.282. The van der Waals surface area contributed by atoms with Gasteiger partial charge in [0.1, 0.15) is 0 Å². The van der Waals surface area contributed by atoms with Gasteiger partial charge in [0.15, 0.2) is 5.13 Å². The molecule has 0 spiro atoms. The molecule has 3 rings (SSSR count). The Hall–Kier alpha value is -0.610. The van der Waals surface area contributed by atoms with Gasteiger partial charge in [-0.15, -0.1) is 0 Å². The van der Waals surface area contributed by atoms with Crippen molar-refractivity contribution >= 4 is 16.5 Å². The maximum absolute atomic E-state index is 6.41. The molecule has 2 N–H and O–H groups in total. The van der Waals surface area contributed by atoms with E-state index in [0.717, 1.165) is 12.8 Å². The highest BCUT2D eigenvalue weighted by Crippen LogP contribution is 2.44. The maximum Gasteiger partial charge on any atom is 0.186 e. The van der Waals surface area contributed by atoms with Crippen LogP contribution in [0.15, 0.2) is 0 Å². The third-order valence-electron chi connectivity index (χ3n) is 5.07. The molecule has 1 aromatic rings. The Balaban J connectivity index is 1.89. The number of thiazole rings is 1. The first kappa shape index (κ1) is 15.3. The summed E-state index contributed by atoms with van der Waals surface area (Å²) in [5.74, 6) is 0. The first-order valence-corrected chi connectivity index (χ1v) is 9.33. The van der Waals surface area contributed by atoms with Crippen LogP contribution >= 0.6 is 11.3 Å². The van der Waals surface area contributed by atoms with Crippen LogP contribution in [0.3, 0.4) is 0 Å². The molecule has 3 nitrogen and oxygen atoms in total. The van der Waals surface area contributed by atoms with E-state index in [1.54, 1.807) is 0 Å². The second-order valence-electron chi connectivity index (χ2n) is 7.56. The highest BCUT2D eigenvalue weighted by molar-refractivity contribution is 7.15. The lowest BCUT2D eigenvalue weighted by atomic mass is 9.77. The number of fused-ring (bicyclic) bond motifs is 1. The van der Waals surface area contributed by atoms with Gasteiger partial charge in [0.05, 0.1) is 5.69 Å². The predicted molar refractivity (Wildman–Crippen MR) is 91.0 cm³/mol. The fourth-order valence-corrected chi connectivity index (χ4v) is 5.14. The van der Waals surface area contributed by atoms with Crippen LogP contribution in [-0.4, -0.2) is 17.6 Å². The van der Waals surface area contributed by atoms with Crippen molar-refractivity contribution in [3.05, 3.63) is 10.6 Å². The summed E-state index contributed by atoms with van der Waals surface area (Å²) in [6.45, 7) is 8.11. The van der Waals surface area contributed by atoms with Crippen LogP contribution in [-0.2, 0) is 6.42 Å². The third kappa shape index (κ3) is 3.11. The summed E-state index contributed by atoms with van der Waals surface area (Å²) >= 11 is 1.87. The summed E-state index contributed by atoms with van der Waals surface area (Å²) in [5.41, 5.74) is 7.98. The number of hydrogen-bond donors (Lipinski definition) is 1. The molecule has 1 aliphatic carbocycles. The van der Waals surface area contributed by atoms with E-state index in [1.807, 2.05) is 11.3 Å². The Kier molecular flexibility index (Phi) is 4.28. The fourth-order valence-electron chi connectivity index (χ4n) is 3.96. The summed E-state index contributed by atoms with van der Waals surface area (Å²) in [6.07, 6.45) is 8.74. The van der Waals surface area contributed by atoms with Gasteiger partial charge in [0.25, 0.3) is 0 Å². The molecule has 4 heteroatoms. The topological polar surface area (TPSA) is 42.2 Å². The second kappa shape index (κ2) is 5.88. The van der Waals surface area contributed by atoms with Crippen molar-refractivity contribution in [2.75, 3.05) is 11.4 Å². The molecular weight excluding hydrogens is 278 g/mol. The first-order chi connectivity index (χ1) is 10.00. The normalized spacial score (nSPS) is 29.0. The third-order valence-corrected chi connectivity index (χ3v) is 6.33. The molecule has 2 heterocycles. The fraction of sp³-hybridized carbons (Fsp3) is 0.824. The zero-order chi connectivity index (χ0) is 15.0. The molecule has 0 radical (unpaired) electrons. The van der Waals surface area contributed by atoms with Crippen LogP contribution in [0.2, 0.25) is 0 Å². The van der Waals surface area contributed by atoms with Crippen molar-refractivity contribution in [1.82, 2.24) is 4.98 Å². The molecule has 0 amide bonds. The van der Waals surface area contributed by atoms with Crippen LogP contribution in [0.4, 0.5) is 5.13 Å². The highest BCUT2D eigenvalue weighted by atomic mass is 32.1. The molecule has 0 aromatic carbocycles. The predicted octanol–water partition coefficient (Wildman–Crippen LogP) is 4.27. The molecule has 118 valence electrons. The van der Waals surface area contributed by atoms with E-state index >= 15 is 0 Å². The second-order valence-corrected chi connectivity index (χ2v) is 8.57. The Morgan fingerprint density at radius 2 is 2.14 bits per heavy atom. The largest absolute Gasteiger partial charge is 0.345 e. The van der Waals surface area contributed by atoms with Crippen LogP contribution in [0, 0.1) is 5.41 Å². The Morgan fingerprint density at radius 1 is 1.33 bits per heavy atom. The van der Waals surface area contributed by atoms with Gasteiger partial charge in [0, 0.05) is 23.5 Å². The van der Waals surface area contributed by atoms with Crippen molar-refractivity contribution in [2.45, 2.75) is 77.8 Å². The van der Waals surface area contributed by atoms with Gasteiger partial charge < -0.3 is 10.6 Å². The van der Waals surface area contributed by atoms with Crippen molar-refractivity contribution in [3.63, 3.8) is 0 Å². The van der Waals surface area contributed by atoms with Gasteiger partial charge >= 0.3 is 0 Å². The minimum absolute atomic E-state index is 0.182. The first-order valence-electron chi connectivity index (χ1n) is 8.52. The van der Waals surface area contributed by atoms with Crippen molar-refractivity contribution in [1.29, 1.82) is 0 Å². The number of nitrogens with two attached hydrogens (primary N) is 1. The SMILES string of the molecule is CCC1CCCCCN1c1nc2c(s1)C(N)CC(C)(C)C2. The molecule has 21 heavy (non-hydrogen) atoms. The van der Waals surface area contributed by atoms with E-state index in [0.29, 0.717) is 11.5 Å². The highest BCUT2D eigenvalue weighted by Gasteiger charge is 2.34. The molecule has 2 atom stereocenters. The molecule has 2 aliphatic rings. The molecule has 1 saturated heterocycles. The average Bonchev–Trinajstić information content (AvgIpc) is 2.68. The summed E-state index contributed by atoms with van der Waals surface area (Å²) in [4.78, 5) is 8.95. The summed E-state index contributed by atoms with van der Waals surface area (Å²) in [5, 5.41) is 1.24. The molecule has 0 bridgehead atoms. The van der Waals surface area contributed by atoms with Crippen molar-refractivity contribution < 1.29 is 0 Å². The Bertz CT molecular complexity index is 494. The summed E-state index contributed by atoms with van der Waals surface area (Å²) in [6, 6.07) is 0.853. The quantitative estimate of drug-likeness (QED) is 0.887. The van der Waals surface area contributed by atoms with Crippen LogP contribution in [0.1, 0.15) is 75.9 Å². The zero-order valence-corrected chi connectivity index (χ0v) is 14.5. The lowest BCUT2D eigenvalue weighted by Gasteiger charge is -2.32. The molecule has 1 aromatic heterocycles. The van der Waals surface area contributed by atoms with E-state index in [9.17, 15) is 0 Å². The Morgan fingerprint density at radius 3 is 2.90 bits per heavy atom. The molecular formula is C17H29N3S. The molecule has 1 aliphatic heterocycles. The number of nitrogens with zero attached hydrogens (tertiary/aromatic N) is 2. The zero-order valence-electron chi connectivity index (χ0n) is 13.7. The average molecular weight is 308 g/mol. The van der Waals surface area contributed by atoms with E-state index < -0.39 is 0 Å². The van der Waals surface area contributed by atoms with Crippen molar-refractivity contribution in [2.24, 2.45) is 11.1 Å². The molecule has 1 fully saturated rings. The lowest BCUT2D eigenvalue weighted by Crippen LogP contribution is -2.34. The maximum atomic E-state index is 6.41. The Labute approximate surface area is 132 Å².